The summed E-state index contributed by atoms with van der Waals surface area (Å²) < 4.78 is 5.66. The van der Waals surface area contributed by atoms with Gasteiger partial charge in [0.2, 0.25) is 11.8 Å². The zero-order valence-corrected chi connectivity index (χ0v) is 16.0. The molecule has 8 heteroatoms. The second-order valence-corrected chi connectivity index (χ2v) is 6.64. The molecule has 1 unspecified atom stereocenters. The van der Waals surface area contributed by atoms with E-state index in [1.165, 1.54) is 12.8 Å². The molecule has 0 aliphatic carbocycles. The molecule has 2 N–H and O–H groups in total. The lowest BCUT2D eigenvalue weighted by molar-refractivity contribution is -0.120. The van der Waals surface area contributed by atoms with Crippen molar-refractivity contribution in [2.24, 2.45) is 5.92 Å². The molecule has 1 aliphatic heterocycles. The molecule has 24 heavy (non-hydrogen) atoms. The first-order chi connectivity index (χ1) is 10.7. The van der Waals surface area contributed by atoms with Crippen LogP contribution in [0.5, 0.6) is 0 Å². The second kappa shape index (κ2) is 10.0. The third-order valence-electron chi connectivity index (χ3n) is 3.94. The molecule has 0 radical (unpaired) electrons. The van der Waals surface area contributed by atoms with Crippen LogP contribution >= 0.6 is 36.2 Å². The zero-order chi connectivity index (χ0) is 15.4. The lowest BCUT2D eigenvalue weighted by atomic mass is 10.00. The normalized spacial score (nSPS) is 16.8. The highest BCUT2D eigenvalue weighted by molar-refractivity contribution is 7.13. The minimum Gasteiger partial charge on any atom is -0.440 e. The molecule has 1 saturated heterocycles. The van der Waals surface area contributed by atoms with E-state index in [1.807, 2.05) is 24.4 Å². The van der Waals surface area contributed by atoms with Gasteiger partial charge in [-0.3, -0.25) is 4.79 Å². The maximum atomic E-state index is 12.1. The first-order valence-electron chi connectivity index (χ1n) is 7.70. The molecule has 1 amide bonds. The Morgan fingerprint density at radius 1 is 1.50 bits per heavy atom. The van der Waals surface area contributed by atoms with Crippen LogP contribution in [0.3, 0.4) is 0 Å². The number of piperidine rings is 1. The van der Waals surface area contributed by atoms with Crippen LogP contribution < -0.4 is 10.6 Å². The van der Waals surface area contributed by atoms with E-state index in [9.17, 15) is 4.79 Å². The van der Waals surface area contributed by atoms with Crippen molar-refractivity contribution < 1.29 is 9.21 Å². The average molecular weight is 392 g/mol. The number of carbonyl (C=O) groups is 1. The molecule has 3 rings (SSSR count). The highest BCUT2D eigenvalue weighted by atomic mass is 35.5. The number of thiophene rings is 1. The maximum Gasteiger partial charge on any atom is 0.236 e. The topological polar surface area (TPSA) is 67.2 Å². The Bertz CT molecular complexity index is 625. The summed E-state index contributed by atoms with van der Waals surface area (Å²) in [5.74, 6) is 1.88. The Kier molecular flexibility index (Phi) is 8.76. The number of oxazole rings is 1. The van der Waals surface area contributed by atoms with Crippen molar-refractivity contribution in [3.8, 4) is 10.8 Å². The van der Waals surface area contributed by atoms with Gasteiger partial charge in [-0.1, -0.05) is 6.07 Å². The number of hydrogen-bond acceptors (Lipinski definition) is 5. The summed E-state index contributed by atoms with van der Waals surface area (Å²) in [5.41, 5.74) is 0.725. The van der Waals surface area contributed by atoms with Crippen molar-refractivity contribution in [3.05, 3.63) is 29.0 Å². The van der Waals surface area contributed by atoms with E-state index in [0.29, 0.717) is 11.8 Å². The number of carbonyl (C=O) groups excluding carboxylic acids is 1. The van der Waals surface area contributed by atoms with E-state index in [1.54, 1.807) is 11.3 Å². The highest BCUT2D eigenvalue weighted by Crippen LogP contribution is 2.26. The number of hydrogen-bond donors (Lipinski definition) is 2. The van der Waals surface area contributed by atoms with Gasteiger partial charge in [-0.05, 0) is 50.2 Å². The van der Waals surface area contributed by atoms with Gasteiger partial charge in [-0.25, -0.2) is 4.98 Å². The Balaban J connectivity index is 0.00000144. The van der Waals surface area contributed by atoms with Crippen molar-refractivity contribution in [2.45, 2.75) is 26.2 Å². The van der Waals surface area contributed by atoms with E-state index < -0.39 is 0 Å². The van der Waals surface area contributed by atoms with Gasteiger partial charge in [0, 0.05) is 6.54 Å². The quantitative estimate of drug-likeness (QED) is 0.820. The van der Waals surface area contributed by atoms with Gasteiger partial charge in [0.1, 0.15) is 5.76 Å². The van der Waals surface area contributed by atoms with Gasteiger partial charge in [-0.15, -0.1) is 36.2 Å². The van der Waals surface area contributed by atoms with Crippen molar-refractivity contribution in [3.63, 3.8) is 0 Å². The Morgan fingerprint density at radius 2 is 2.33 bits per heavy atom. The molecule has 1 atom stereocenters. The van der Waals surface area contributed by atoms with Crippen LogP contribution in [0.2, 0.25) is 0 Å². The molecule has 0 aromatic carbocycles. The van der Waals surface area contributed by atoms with E-state index in [4.69, 9.17) is 4.42 Å². The molecular weight excluding hydrogens is 369 g/mol. The van der Waals surface area contributed by atoms with Crippen LogP contribution in [0.25, 0.3) is 10.8 Å². The van der Waals surface area contributed by atoms with Gasteiger partial charge in [0.15, 0.2) is 0 Å². The zero-order valence-electron chi connectivity index (χ0n) is 13.5. The first kappa shape index (κ1) is 21.0. The number of nitrogens with zero attached hydrogens (tertiary/aromatic N) is 1. The van der Waals surface area contributed by atoms with Crippen LogP contribution in [-0.2, 0) is 11.2 Å². The fourth-order valence-electron chi connectivity index (χ4n) is 2.67. The minimum atomic E-state index is 0. The summed E-state index contributed by atoms with van der Waals surface area (Å²) in [6.45, 7) is 4.68. The van der Waals surface area contributed by atoms with Gasteiger partial charge in [-0.2, -0.15) is 0 Å². The molecule has 134 valence electrons. The SMILES string of the molecule is Cc1oc(-c2cccs2)nc1CC(=O)NCC1CCCNC1.Cl.Cl. The number of rotatable bonds is 5. The molecule has 0 spiro atoms. The van der Waals surface area contributed by atoms with Gasteiger partial charge < -0.3 is 15.1 Å². The maximum absolute atomic E-state index is 12.1. The Hall–Kier alpha value is -1.08. The number of aromatic nitrogens is 1. The van der Waals surface area contributed by atoms with Crippen molar-refractivity contribution >= 4 is 42.1 Å². The molecule has 5 nitrogen and oxygen atoms in total. The van der Waals surface area contributed by atoms with Crippen LogP contribution in [0.4, 0.5) is 0 Å². The lowest BCUT2D eigenvalue weighted by Crippen LogP contribution is -2.38. The van der Waals surface area contributed by atoms with Crippen LogP contribution in [0, 0.1) is 12.8 Å². The van der Waals surface area contributed by atoms with Gasteiger partial charge in [0.25, 0.3) is 0 Å². The predicted octanol–water partition coefficient (Wildman–Crippen LogP) is 3.21. The fraction of sp³-hybridized carbons (Fsp3) is 0.500. The van der Waals surface area contributed by atoms with Crippen molar-refractivity contribution in [2.75, 3.05) is 19.6 Å². The average Bonchev–Trinajstić information content (AvgIpc) is 3.17. The van der Waals surface area contributed by atoms with Crippen LogP contribution in [0.1, 0.15) is 24.3 Å². The minimum absolute atomic E-state index is 0. The van der Waals surface area contributed by atoms with Crippen molar-refractivity contribution in [1.29, 1.82) is 0 Å². The predicted molar refractivity (Wildman–Crippen MR) is 101 cm³/mol. The van der Waals surface area contributed by atoms with Crippen molar-refractivity contribution in [1.82, 2.24) is 15.6 Å². The van der Waals surface area contributed by atoms with Gasteiger partial charge >= 0.3 is 0 Å². The summed E-state index contributed by atoms with van der Waals surface area (Å²) in [7, 11) is 0. The summed E-state index contributed by atoms with van der Waals surface area (Å²) in [5, 5.41) is 8.36. The first-order valence-corrected chi connectivity index (χ1v) is 8.58. The number of halogens is 2. The molecule has 0 bridgehead atoms. The second-order valence-electron chi connectivity index (χ2n) is 5.69. The molecule has 2 aromatic heterocycles. The molecule has 0 saturated carbocycles. The summed E-state index contributed by atoms with van der Waals surface area (Å²) in [6.07, 6.45) is 2.65. The molecule has 2 aromatic rings. The monoisotopic (exact) mass is 391 g/mol. The Labute approximate surface area is 158 Å². The highest BCUT2D eigenvalue weighted by Gasteiger charge is 2.17. The molecule has 3 heterocycles. The van der Waals surface area contributed by atoms with E-state index in [2.05, 4.69) is 15.6 Å². The summed E-state index contributed by atoms with van der Waals surface area (Å²) in [4.78, 5) is 17.5. The standard InChI is InChI=1S/C16H21N3O2S.2ClH/c1-11-13(19-16(21-11)14-5-3-7-22-14)8-15(20)18-10-12-4-2-6-17-9-12;;/h3,5,7,12,17H,2,4,6,8-10H2,1H3,(H,18,20);2*1H. The Morgan fingerprint density at radius 3 is 3.00 bits per heavy atom. The van der Waals surface area contributed by atoms with E-state index in [-0.39, 0.29) is 37.1 Å². The smallest absolute Gasteiger partial charge is 0.236 e. The molecular formula is C16H23Cl2N3O2S. The molecule has 1 fully saturated rings. The number of nitrogens with one attached hydrogen (secondary N) is 2. The molecule has 1 aliphatic rings. The number of aryl methyl sites for hydroxylation is 1. The van der Waals surface area contributed by atoms with E-state index >= 15 is 0 Å². The summed E-state index contributed by atoms with van der Waals surface area (Å²) >= 11 is 1.58. The number of amides is 1. The third-order valence-corrected chi connectivity index (χ3v) is 4.80. The lowest BCUT2D eigenvalue weighted by Gasteiger charge is -2.22. The fourth-order valence-corrected chi connectivity index (χ4v) is 3.32. The largest absolute Gasteiger partial charge is 0.440 e. The van der Waals surface area contributed by atoms with E-state index in [0.717, 1.165) is 36.0 Å². The van der Waals surface area contributed by atoms with Crippen LogP contribution in [-0.4, -0.2) is 30.5 Å². The van der Waals surface area contributed by atoms with Gasteiger partial charge in [0.05, 0.1) is 17.0 Å². The summed E-state index contributed by atoms with van der Waals surface area (Å²) in [6, 6.07) is 3.93. The third kappa shape index (κ3) is 5.48. The van der Waals surface area contributed by atoms with Crippen LogP contribution in [0.15, 0.2) is 21.9 Å².